The number of benzene rings is 1. The quantitative estimate of drug-likeness (QED) is 0.500. The summed E-state index contributed by atoms with van der Waals surface area (Å²) < 4.78 is 7.35. The summed E-state index contributed by atoms with van der Waals surface area (Å²) in [6.07, 6.45) is 0. The SMILES string of the molecule is Clc1ccc(-c2nn3c(COc4ccccc4)nnc3s2)c(Cl)n1. The van der Waals surface area contributed by atoms with Gasteiger partial charge < -0.3 is 4.74 Å². The van der Waals surface area contributed by atoms with Crippen LogP contribution in [-0.2, 0) is 6.61 Å². The molecule has 0 aliphatic rings. The zero-order valence-corrected chi connectivity index (χ0v) is 14.4. The molecule has 0 aliphatic heterocycles. The van der Waals surface area contributed by atoms with Crippen molar-refractivity contribution in [3.8, 4) is 16.3 Å². The predicted octanol–water partition coefficient (Wildman–Crippen LogP) is 4.13. The van der Waals surface area contributed by atoms with Crippen LogP contribution in [0.25, 0.3) is 15.5 Å². The van der Waals surface area contributed by atoms with E-state index in [-0.39, 0.29) is 6.61 Å². The molecule has 4 rings (SSSR count). The molecular formula is C15H9Cl2N5OS. The smallest absolute Gasteiger partial charge is 0.235 e. The molecule has 0 aliphatic carbocycles. The number of fused-ring (bicyclic) bond motifs is 1. The fourth-order valence-electron chi connectivity index (χ4n) is 2.09. The van der Waals surface area contributed by atoms with Crippen LogP contribution in [0.5, 0.6) is 5.75 Å². The second-order valence-corrected chi connectivity index (χ2v) is 6.49. The molecule has 4 aromatic rings. The summed E-state index contributed by atoms with van der Waals surface area (Å²) in [6, 6.07) is 13.0. The maximum absolute atomic E-state index is 6.14. The van der Waals surface area contributed by atoms with Gasteiger partial charge in [0.25, 0.3) is 0 Å². The van der Waals surface area contributed by atoms with Gasteiger partial charge in [0.05, 0.1) is 0 Å². The fraction of sp³-hybridized carbons (Fsp3) is 0.0667. The van der Waals surface area contributed by atoms with Gasteiger partial charge in [0.2, 0.25) is 4.96 Å². The van der Waals surface area contributed by atoms with Crippen LogP contribution in [0.3, 0.4) is 0 Å². The molecule has 0 bridgehead atoms. The number of aromatic nitrogens is 5. The molecule has 3 aromatic heterocycles. The standard InChI is InChI=1S/C15H9Cl2N5OS/c16-11-7-6-10(13(17)18-11)14-21-22-12(19-20-15(22)24-14)8-23-9-4-2-1-3-5-9/h1-7H,8H2. The normalized spacial score (nSPS) is 11.1. The first kappa shape index (κ1) is 15.3. The number of pyridine rings is 1. The summed E-state index contributed by atoms with van der Waals surface area (Å²) in [5.41, 5.74) is 0.700. The van der Waals surface area contributed by atoms with Crippen LogP contribution in [0.2, 0.25) is 10.3 Å². The van der Waals surface area contributed by atoms with Crippen molar-refractivity contribution < 1.29 is 4.74 Å². The minimum atomic E-state index is 0.265. The largest absolute Gasteiger partial charge is 0.486 e. The van der Waals surface area contributed by atoms with Gasteiger partial charge in [0.1, 0.15) is 22.7 Å². The third-order valence-electron chi connectivity index (χ3n) is 3.21. The van der Waals surface area contributed by atoms with Crippen LogP contribution < -0.4 is 4.74 Å². The van der Waals surface area contributed by atoms with Crippen LogP contribution in [-0.4, -0.2) is 24.8 Å². The Morgan fingerprint density at radius 3 is 2.67 bits per heavy atom. The highest BCUT2D eigenvalue weighted by atomic mass is 35.5. The van der Waals surface area contributed by atoms with Crippen LogP contribution in [0.1, 0.15) is 5.82 Å². The van der Waals surface area contributed by atoms with Crippen molar-refractivity contribution in [2.75, 3.05) is 0 Å². The number of ether oxygens (including phenoxy) is 1. The molecule has 0 amide bonds. The molecule has 120 valence electrons. The lowest BCUT2D eigenvalue weighted by molar-refractivity contribution is 0.293. The lowest BCUT2D eigenvalue weighted by Crippen LogP contribution is -2.02. The van der Waals surface area contributed by atoms with Crippen molar-refractivity contribution in [3.63, 3.8) is 0 Å². The molecule has 0 saturated carbocycles. The number of hydrogen-bond donors (Lipinski definition) is 0. The van der Waals surface area contributed by atoms with Gasteiger partial charge in [-0.15, -0.1) is 10.2 Å². The Labute approximate surface area is 150 Å². The van der Waals surface area contributed by atoms with Crippen LogP contribution >= 0.6 is 34.5 Å². The van der Waals surface area contributed by atoms with Gasteiger partial charge >= 0.3 is 0 Å². The van der Waals surface area contributed by atoms with Crippen molar-refractivity contribution in [1.29, 1.82) is 0 Å². The molecule has 3 heterocycles. The van der Waals surface area contributed by atoms with E-state index in [0.717, 1.165) is 5.75 Å². The number of rotatable bonds is 4. The molecule has 0 N–H and O–H groups in total. The molecule has 0 unspecified atom stereocenters. The Morgan fingerprint density at radius 2 is 1.88 bits per heavy atom. The van der Waals surface area contributed by atoms with E-state index in [4.69, 9.17) is 27.9 Å². The second-order valence-electron chi connectivity index (χ2n) is 4.79. The third-order valence-corrected chi connectivity index (χ3v) is 4.64. The zero-order valence-electron chi connectivity index (χ0n) is 12.1. The Hall–Kier alpha value is -2.22. The van der Waals surface area contributed by atoms with Crippen molar-refractivity contribution in [2.24, 2.45) is 0 Å². The molecular weight excluding hydrogens is 369 g/mol. The number of nitrogens with zero attached hydrogens (tertiary/aromatic N) is 5. The van der Waals surface area contributed by atoms with Crippen molar-refractivity contribution in [3.05, 3.63) is 58.6 Å². The van der Waals surface area contributed by atoms with E-state index in [2.05, 4.69) is 20.3 Å². The second kappa shape index (κ2) is 6.35. The molecule has 6 nitrogen and oxygen atoms in total. The van der Waals surface area contributed by atoms with Gasteiger partial charge in [-0.2, -0.15) is 9.61 Å². The molecule has 0 fully saturated rings. The van der Waals surface area contributed by atoms with E-state index in [9.17, 15) is 0 Å². The zero-order chi connectivity index (χ0) is 16.5. The first-order valence-corrected chi connectivity index (χ1v) is 8.49. The van der Waals surface area contributed by atoms with E-state index in [1.54, 1.807) is 16.6 Å². The van der Waals surface area contributed by atoms with E-state index < -0.39 is 0 Å². The molecule has 24 heavy (non-hydrogen) atoms. The maximum Gasteiger partial charge on any atom is 0.235 e. The van der Waals surface area contributed by atoms with Crippen LogP contribution in [0.4, 0.5) is 0 Å². The van der Waals surface area contributed by atoms with Gasteiger partial charge in [0.15, 0.2) is 10.8 Å². The first-order valence-electron chi connectivity index (χ1n) is 6.92. The highest BCUT2D eigenvalue weighted by Crippen LogP contribution is 2.31. The lowest BCUT2D eigenvalue weighted by atomic mass is 10.3. The number of hydrogen-bond acceptors (Lipinski definition) is 6. The summed E-state index contributed by atoms with van der Waals surface area (Å²) in [7, 11) is 0. The van der Waals surface area contributed by atoms with Crippen molar-refractivity contribution in [1.82, 2.24) is 24.8 Å². The monoisotopic (exact) mass is 377 g/mol. The fourth-order valence-corrected chi connectivity index (χ4v) is 3.47. The summed E-state index contributed by atoms with van der Waals surface area (Å²) in [6.45, 7) is 0.265. The number of para-hydroxylation sites is 1. The molecule has 0 atom stereocenters. The minimum Gasteiger partial charge on any atom is -0.486 e. The highest BCUT2D eigenvalue weighted by molar-refractivity contribution is 7.19. The Morgan fingerprint density at radius 1 is 1.04 bits per heavy atom. The third kappa shape index (κ3) is 2.93. The maximum atomic E-state index is 6.14. The molecule has 0 saturated heterocycles. The molecule has 1 aromatic carbocycles. The molecule has 0 spiro atoms. The van der Waals surface area contributed by atoms with E-state index in [0.29, 0.717) is 31.7 Å². The summed E-state index contributed by atoms with van der Waals surface area (Å²) >= 11 is 13.3. The molecule has 9 heteroatoms. The van der Waals surface area contributed by atoms with Crippen LogP contribution in [0.15, 0.2) is 42.5 Å². The van der Waals surface area contributed by atoms with Crippen molar-refractivity contribution in [2.45, 2.75) is 6.61 Å². The summed E-state index contributed by atoms with van der Waals surface area (Å²) in [5.74, 6) is 1.36. The molecule has 0 radical (unpaired) electrons. The topological polar surface area (TPSA) is 65.2 Å². The Bertz CT molecular complexity index is 1000. The predicted molar refractivity (Wildman–Crippen MR) is 92.7 cm³/mol. The summed E-state index contributed by atoms with van der Waals surface area (Å²) in [4.78, 5) is 4.69. The highest BCUT2D eigenvalue weighted by Gasteiger charge is 2.16. The van der Waals surface area contributed by atoms with Crippen LogP contribution in [0, 0.1) is 0 Å². The van der Waals surface area contributed by atoms with Gasteiger partial charge in [-0.1, -0.05) is 52.7 Å². The summed E-state index contributed by atoms with van der Waals surface area (Å²) in [5, 5.41) is 14.1. The number of halogens is 2. The van der Waals surface area contributed by atoms with Crippen molar-refractivity contribution >= 4 is 39.5 Å². The average Bonchev–Trinajstić information content (AvgIpc) is 3.15. The minimum absolute atomic E-state index is 0.265. The Balaban J connectivity index is 1.63. The van der Waals surface area contributed by atoms with E-state index in [1.165, 1.54) is 11.3 Å². The van der Waals surface area contributed by atoms with Gasteiger partial charge in [0, 0.05) is 5.56 Å². The van der Waals surface area contributed by atoms with E-state index >= 15 is 0 Å². The lowest BCUT2D eigenvalue weighted by Gasteiger charge is -2.03. The van der Waals surface area contributed by atoms with Gasteiger partial charge in [-0.05, 0) is 24.3 Å². The Kier molecular flexibility index (Phi) is 4.05. The average molecular weight is 378 g/mol. The van der Waals surface area contributed by atoms with Gasteiger partial charge in [-0.3, -0.25) is 0 Å². The van der Waals surface area contributed by atoms with Gasteiger partial charge in [-0.25, -0.2) is 4.98 Å². The van der Waals surface area contributed by atoms with E-state index in [1.807, 2.05) is 30.3 Å². The first-order chi connectivity index (χ1) is 11.7.